The van der Waals surface area contributed by atoms with E-state index < -0.39 is 0 Å². The van der Waals surface area contributed by atoms with E-state index in [9.17, 15) is 4.79 Å². The highest BCUT2D eigenvalue weighted by atomic mass is 32.2. The first-order valence-corrected chi connectivity index (χ1v) is 12.0. The van der Waals surface area contributed by atoms with Gasteiger partial charge in [0.1, 0.15) is 5.03 Å². The molecule has 1 aromatic heterocycles. The van der Waals surface area contributed by atoms with Crippen LogP contribution in [-0.2, 0) is 38.6 Å². The number of fused-ring (bicyclic) bond motifs is 3. The molecule has 0 fully saturated rings. The lowest BCUT2D eigenvalue weighted by molar-refractivity contribution is 0.257. The third-order valence-electron chi connectivity index (χ3n) is 6.68. The molecule has 6 nitrogen and oxygen atoms in total. The molecule has 2 aromatic rings. The van der Waals surface area contributed by atoms with Crippen LogP contribution < -0.4 is 10.0 Å². The van der Waals surface area contributed by atoms with Crippen LogP contribution in [0, 0.1) is 0 Å². The fraction of sp³-hybridized carbons (Fsp3) is 0.565. The Balaban J connectivity index is 1.34. The molecule has 0 radical (unpaired) electrons. The van der Waals surface area contributed by atoms with E-state index in [1.807, 2.05) is 0 Å². The largest absolute Gasteiger partial charge is 0.329 e. The number of hydrogen-bond acceptors (Lipinski definition) is 4. The fourth-order valence-corrected chi connectivity index (χ4v) is 5.94. The van der Waals surface area contributed by atoms with Crippen LogP contribution in [0.3, 0.4) is 0 Å². The van der Waals surface area contributed by atoms with Gasteiger partial charge in [-0.15, -0.1) is 0 Å². The molecule has 2 N–H and O–H groups in total. The lowest BCUT2D eigenvalue weighted by Gasteiger charge is -2.24. The van der Waals surface area contributed by atoms with E-state index in [2.05, 4.69) is 46.6 Å². The monoisotopic (exact) mass is 425 g/mol. The van der Waals surface area contributed by atoms with Crippen LogP contribution in [-0.4, -0.2) is 34.3 Å². The number of nitrogens with one attached hydrogen (secondary N) is 2. The number of aromatic nitrogens is 2. The summed E-state index contributed by atoms with van der Waals surface area (Å²) in [5.41, 5.74) is 9.25. The number of carbonyl (C=O) groups excluding carboxylic acids is 1. The maximum Gasteiger partial charge on any atom is 0.329 e. The Hall–Kier alpha value is -1.99. The molecule has 5 rings (SSSR count). The molecule has 30 heavy (non-hydrogen) atoms. The summed E-state index contributed by atoms with van der Waals surface area (Å²) in [4.78, 5) is 15.2. The topological polar surface area (TPSA) is 62.2 Å². The van der Waals surface area contributed by atoms with Crippen molar-refractivity contribution in [2.75, 3.05) is 18.9 Å². The van der Waals surface area contributed by atoms with E-state index in [-0.39, 0.29) is 6.03 Å². The maximum atomic E-state index is 12.9. The molecule has 2 aliphatic carbocycles. The summed E-state index contributed by atoms with van der Waals surface area (Å²) in [6, 6.07) is 2.57. The zero-order valence-corrected chi connectivity index (χ0v) is 19.0. The number of nitrogens with zero attached hydrogens (tertiary/aromatic N) is 3. The summed E-state index contributed by atoms with van der Waals surface area (Å²) < 4.78 is 5.15. The van der Waals surface area contributed by atoms with Crippen molar-refractivity contribution in [1.82, 2.24) is 19.4 Å². The number of rotatable bonds is 4. The quantitative estimate of drug-likeness (QED) is 0.719. The average Bonchev–Trinajstić information content (AvgIpc) is 3.44. The second-order valence-corrected chi connectivity index (χ2v) is 9.94. The first kappa shape index (κ1) is 19.9. The van der Waals surface area contributed by atoms with Crippen molar-refractivity contribution in [2.45, 2.75) is 76.4 Å². The maximum absolute atomic E-state index is 12.9. The van der Waals surface area contributed by atoms with Gasteiger partial charge in [0.15, 0.2) is 0 Å². The van der Waals surface area contributed by atoms with Gasteiger partial charge in [-0.05, 0) is 81.7 Å². The third-order valence-corrected chi connectivity index (χ3v) is 7.49. The van der Waals surface area contributed by atoms with E-state index in [0.717, 1.165) is 55.9 Å². The molecule has 1 aliphatic heterocycles. The van der Waals surface area contributed by atoms with Crippen LogP contribution in [0.15, 0.2) is 11.1 Å². The Bertz CT molecular complexity index is 964. The first-order valence-electron chi connectivity index (χ1n) is 11.2. The van der Waals surface area contributed by atoms with Gasteiger partial charge in [-0.3, -0.25) is 9.40 Å². The number of aryl methyl sites for hydroxylation is 2. The van der Waals surface area contributed by atoms with Crippen molar-refractivity contribution in [3.05, 3.63) is 39.6 Å². The number of urea groups is 1. The van der Waals surface area contributed by atoms with E-state index in [1.54, 1.807) is 0 Å². The van der Waals surface area contributed by atoms with Crippen molar-refractivity contribution in [3.63, 3.8) is 0 Å². The average molecular weight is 426 g/mol. The Labute approximate surface area is 182 Å². The molecule has 0 saturated carbocycles. The molecule has 1 aromatic carbocycles. The van der Waals surface area contributed by atoms with Gasteiger partial charge in [-0.1, -0.05) is 6.07 Å². The molecular formula is C23H31N5OS. The fourth-order valence-electron chi connectivity index (χ4n) is 5.26. The van der Waals surface area contributed by atoms with E-state index in [1.165, 1.54) is 58.3 Å². The minimum absolute atomic E-state index is 0.147. The number of anilines is 1. The van der Waals surface area contributed by atoms with Crippen molar-refractivity contribution in [2.24, 2.45) is 0 Å². The smallest absolute Gasteiger partial charge is 0.307 e. The number of likely N-dealkylation sites (N-methyl/N-ethyl adjacent to an activating group) is 1. The molecule has 3 aliphatic rings. The number of hydrogen-bond donors (Lipinski definition) is 2. The van der Waals surface area contributed by atoms with E-state index in [4.69, 9.17) is 5.10 Å². The second-order valence-electron chi connectivity index (χ2n) is 9.15. The molecule has 0 saturated heterocycles. The number of benzene rings is 1. The minimum Gasteiger partial charge on any atom is -0.307 e. The molecular weight excluding hydrogens is 394 g/mol. The number of amides is 2. The van der Waals surface area contributed by atoms with Gasteiger partial charge < -0.3 is 10.2 Å². The lowest BCUT2D eigenvalue weighted by atomic mass is 9.99. The zero-order chi connectivity index (χ0) is 20.8. The highest BCUT2D eigenvalue weighted by Gasteiger charge is 2.27. The van der Waals surface area contributed by atoms with Gasteiger partial charge >= 0.3 is 6.03 Å². The highest BCUT2D eigenvalue weighted by molar-refractivity contribution is 7.97. The predicted octanol–water partition coefficient (Wildman–Crippen LogP) is 4.26. The zero-order valence-electron chi connectivity index (χ0n) is 18.2. The van der Waals surface area contributed by atoms with Crippen LogP contribution in [0.4, 0.5) is 10.5 Å². The van der Waals surface area contributed by atoms with Crippen molar-refractivity contribution < 1.29 is 4.79 Å². The second kappa shape index (κ2) is 7.93. The van der Waals surface area contributed by atoms with Crippen LogP contribution in [0.2, 0.25) is 0 Å². The predicted molar refractivity (Wildman–Crippen MR) is 121 cm³/mol. The summed E-state index contributed by atoms with van der Waals surface area (Å²) in [5.74, 6) is 0. The molecule has 7 heteroatoms. The Morgan fingerprint density at radius 2 is 1.77 bits per heavy atom. The summed E-state index contributed by atoms with van der Waals surface area (Å²) in [6.07, 6.45) is 7.81. The van der Waals surface area contributed by atoms with Crippen LogP contribution in [0.5, 0.6) is 0 Å². The third kappa shape index (κ3) is 3.52. The molecule has 0 spiro atoms. The molecule has 0 atom stereocenters. The van der Waals surface area contributed by atoms with Crippen LogP contribution >= 0.6 is 11.9 Å². The standard InChI is InChI=1S/C23H31N5OS/c1-14(2)28-20-10-11-27(3)13-19(20)22(25-28)30-26-23(29)24-21-17-8-4-6-15(17)12-16-7-5-9-18(16)21/h12,14H,4-11,13H2,1-3H3,(H2,24,26,29). The first-order chi connectivity index (χ1) is 14.5. The van der Waals surface area contributed by atoms with Gasteiger partial charge in [-0.25, -0.2) is 4.79 Å². The summed E-state index contributed by atoms with van der Waals surface area (Å²) in [5, 5.41) is 8.97. The van der Waals surface area contributed by atoms with E-state index in [0.29, 0.717) is 6.04 Å². The SMILES string of the molecule is CC(C)n1nc(SNC(=O)Nc2c3c(cc4c2CCC4)CCC3)c2c1CCN(C)C2. The Morgan fingerprint density at radius 1 is 1.07 bits per heavy atom. The Morgan fingerprint density at radius 3 is 2.43 bits per heavy atom. The van der Waals surface area contributed by atoms with Crippen LogP contribution in [0.25, 0.3) is 0 Å². The van der Waals surface area contributed by atoms with Crippen molar-refractivity contribution in [3.8, 4) is 0 Å². The minimum atomic E-state index is -0.147. The summed E-state index contributed by atoms with van der Waals surface area (Å²) in [6.45, 7) is 6.26. The van der Waals surface area contributed by atoms with Crippen LogP contribution in [0.1, 0.15) is 66.2 Å². The van der Waals surface area contributed by atoms with Gasteiger partial charge in [0, 0.05) is 54.4 Å². The van der Waals surface area contributed by atoms with Gasteiger partial charge in [0.25, 0.3) is 0 Å². The molecule has 2 heterocycles. The summed E-state index contributed by atoms with van der Waals surface area (Å²) in [7, 11) is 2.14. The normalized spacial score (nSPS) is 17.7. The van der Waals surface area contributed by atoms with E-state index >= 15 is 0 Å². The van der Waals surface area contributed by atoms with Gasteiger partial charge in [0.05, 0.1) is 0 Å². The molecule has 0 unspecified atom stereocenters. The summed E-state index contributed by atoms with van der Waals surface area (Å²) >= 11 is 1.35. The Kier molecular flexibility index (Phi) is 5.27. The van der Waals surface area contributed by atoms with Gasteiger partial charge in [-0.2, -0.15) is 5.10 Å². The molecule has 2 amide bonds. The molecule has 160 valence electrons. The number of carbonyl (C=O) groups is 1. The van der Waals surface area contributed by atoms with Gasteiger partial charge in [0.2, 0.25) is 0 Å². The van der Waals surface area contributed by atoms with Crippen molar-refractivity contribution >= 4 is 23.7 Å². The highest BCUT2D eigenvalue weighted by Crippen LogP contribution is 2.38. The molecule has 0 bridgehead atoms. The van der Waals surface area contributed by atoms with Crippen molar-refractivity contribution in [1.29, 1.82) is 0 Å². The lowest BCUT2D eigenvalue weighted by Crippen LogP contribution is -2.28.